The number of nitrogens with one attached hydrogen (secondary N) is 1. The molecule has 0 aliphatic carbocycles. The topological polar surface area (TPSA) is 51.3 Å². The molecule has 0 radical (unpaired) electrons. The van der Waals surface area contributed by atoms with Crippen LogP contribution in [0.4, 0.5) is 0 Å². The maximum Gasteiger partial charge on any atom is 0.354 e. The second-order valence-corrected chi connectivity index (χ2v) is 6.47. The summed E-state index contributed by atoms with van der Waals surface area (Å²) in [5, 5.41) is 0.977. The highest BCUT2D eigenvalue weighted by Crippen LogP contribution is 2.30. The molecule has 1 aromatic heterocycles. The first-order valence-electron chi connectivity index (χ1n) is 9.30. The van der Waals surface area contributed by atoms with E-state index in [0.29, 0.717) is 18.9 Å². The predicted molar refractivity (Wildman–Crippen MR) is 110 cm³/mol. The zero-order chi connectivity index (χ0) is 19.3. The van der Waals surface area contributed by atoms with E-state index in [1.165, 1.54) is 0 Å². The van der Waals surface area contributed by atoms with Gasteiger partial charge in [0.15, 0.2) is 0 Å². The van der Waals surface area contributed by atoms with E-state index in [2.05, 4.69) is 4.98 Å². The molecule has 4 heteroatoms. The summed E-state index contributed by atoms with van der Waals surface area (Å²) in [5.41, 5.74) is 4.60. The van der Waals surface area contributed by atoms with Gasteiger partial charge in [-0.2, -0.15) is 0 Å². The third-order valence-corrected chi connectivity index (χ3v) is 4.57. The summed E-state index contributed by atoms with van der Waals surface area (Å²) in [5.74, 6) is 0.479. The van der Waals surface area contributed by atoms with E-state index in [1.807, 2.05) is 78.9 Å². The Hall–Kier alpha value is -3.53. The number of hydrogen-bond acceptors (Lipinski definition) is 3. The highest BCUT2D eigenvalue weighted by Gasteiger charge is 2.13. The molecular weight excluding hydrogens is 350 g/mol. The number of para-hydroxylation sites is 1. The van der Waals surface area contributed by atoms with Crippen LogP contribution in [-0.2, 0) is 11.3 Å². The average molecular weight is 371 g/mol. The molecule has 140 valence electrons. The first kappa shape index (κ1) is 17.9. The van der Waals surface area contributed by atoms with Crippen molar-refractivity contribution in [2.45, 2.75) is 13.5 Å². The van der Waals surface area contributed by atoms with Gasteiger partial charge >= 0.3 is 5.97 Å². The van der Waals surface area contributed by atoms with Gasteiger partial charge in [0.2, 0.25) is 0 Å². The number of carbonyl (C=O) groups excluding carboxylic acids is 1. The van der Waals surface area contributed by atoms with Crippen molar-refractivity contribution in [1.29, 1.82) is 0 Å². The maximum atomic E-state index is 12.0. The minimum Gasteiger partial charge on any atom is -0.489 e. The van der Waals surface area contributed by atoms with Crippen LogP contribution in [0.1, 0.15) is 23.0 Å². The van der Waals surface area contributed by atoms with Gasteiger partial charge in [-0.15, -0.1) is 0 Å². The van der Waals surface area contributed by atoms with E-state index in [0.717, 1.165) is 33.3 Å². The number of H-pyrrole nitrogens is 1. The van der Waals surface area contributed by atoms with Gasteiger partial charge in [0.25, 0.3) is 0 Å². The third kappa shape index (κ3) is 3.76. The van der Waals surface area contributed by atoms with Crippen LogP contribution in [0.15, 0.2) is 78.9 Å². The van der Waals surface area contributed by atoms with Crippen LogP contribution < -0.4 is 4.74 Å². The van der Waals surface area contributed by atoms with Crippen molar-refractivity contribution < 1.29 is 14.3 Å². The van der Waals surface area contributed by atoms with E-state index in [9.17, 15) is 4.79 Å². The second kappa shape index (κ2) is 8.01. The molecule has 0 saturated heterocycles. The van der Waals surface area contributed by atoms with Crippen LogP contribution in [0.25, 0.3) is 22.0 Å². The Kier molecular flexibility index (Phi) is 5.11. The van der Waals surface area contributed by atoms with E-state index < -0.39 is 0 Å². The Labute approximate surface area is 163 Å². The number of aromatic amines is 1. The fraction of sp³-hybridized carbons (Fsp3) is 0.125. The standard InChI is InChI=1S/C24H21NO3/c1-2-27-24(26)22-15-19-9-6-10-21(23(19)25-22)18-11-13-20(14-12-18)28-16-17-7-4-3-5-8-17/h3-15,25H,2,16H2,1H3. The van der Waals surface area contributed by atoms with Crippen molar-refractivity contribution >= 4 is 16.9 Å². The lowest BCUT2D eigenvalue weighted by Crippen LogP contribution is -2.04. The third-order valence-electron chi connectivity index (χ3n) is 4.57. The number of benzene rings is 3. The average Bonchev–Trinajstić information content (AvgIpc) is 3.18. The van der Waals surface area contributed by atoms with Gasteiger partial charge in [0.05, 0.1) is 12.1 Å². The molecular formula is C24H21NO3. The van der Waals surface area contributed by atoms with Crippen molar-refractivity contribution in [2.75, 3.05) is 6.61 Å². The number of rotatable bonds is 6. The fourth-order valence-electron chi connectivity index (χ4n) is 3.19. The van der Waals surface area contributed by atoms with E-state index >= 15 is 0 Å². The van der Waals surface area contributed by atoms with Gasteiger partial charge in [-0.3, -0.25) is 0 Å². The first-order chi connectivity index (χ1) is 13.7. The zero-order valence-corrected chi connectivity index (χ0v) is 15.6. The van der Waals surface area contributed by atoms with Crippen molar-refractivity contribution in [3.63, 3.8) is 0 Å². The summed E-state index contributed by atoms with van der Waals surface area (Å²) in [6, 6.07) is 25.9. The zero-order valence-electron chi connectivity index (χ0n) is 15.6. The minimum absolute atomic E-state index is 0.339. The first-order valence-corrected chi connectivity index (χ1v) is 9.30. The molecule has 3 aromatic carbocycles. The lowest BCUT2D eigenvalue weighted by Gasteiger charge is -2.08. The summed E-state index contributed by atoms with van der Waals surface area (Å²) in [7, 11) is 0. The molecule has 4 aromatic rings. The molecule has 4 nitrogen and oxygen atoms in total. The van der Waals surface area contributed by atoms with Crippen molar-refractivity contribution in [1.82, 2.24) is 4.98 Å². The fourth-order valence-corrected chi connectivity index (χ4v) is 3.19. The quantitative estimate of drug-likeness (QED) is 0.450. The van der Waals surface area contributed by atoms with Crippen LogP contribution in [0.2, 0.25) is 0 Å². The number of ether oxygens (including phenoxy) is 2. The summed E-state index contributed by atoms with van der Waals surface area (Å²) in [6.45, 7) is 2.69. The van der Waals surface area contributed by atoms with Gasteiger partial charge in [-0.05, 0) is 36.2 Å². The van der Waals surface area contributed by atoms with Crippen molar-refractivity contribution in [3.8, 4) is 16.9 Å². The van der Waals surface area contributed by atoms with Crippen LogP contribution in [-0.4, -0.2) is 17.6 Å². The number of carbonyl (C=O) groups is 1. The SMILES string of the molecule is CCOC(=O)c1cc2cccc(-c3ccc(OCc4ccccc4)cc3)c2[nH]1. The van der Waals surface area contributed by atoms with Crippen LogP contribution in [0, 0.1) is 0 Å². The molecule has 0 bridgehead atoms. The van der Waals surface area contributed by atoms with Crippen molar-refractivity contribution in [2.24, 2.45) is 0 Å². The maximum absolute atomic E-state index is 12.0. The Balaban J connectivity index is 1.57. The highest BCUT2D eigenvalue weighted by atomic mass is 16.5. The molecule has 0 amide bonds. The van der Waals surface area contributed by atoms with Crippen LogP contribution in [0.3, 0.4) is 0 Å². The molecule has 0 aliphatic rings. The normalized spacial score (nSPS) is 10.8. The van der Waals surface area contributed by atoms with E-state index in [4.69, 9.17) is 9.47 Å². The molecule has 4 rings (SSSR count). The molecule has 0 unspecified atom stereocenters. The lowest BCUT2D eigenvalue weighted by atomic mass is 10.0. The predicted octanol–water partition coefficient (Wildman–Crippen LogP) is 5.59. The summed E-state index contributed by atoms with van der Waals surface area (Å²) >= 11 is 0. The number of hydrogen-bond donors (Lipinski definition) is 1. The summed E-state index contributed by atoms with van der Waals surface area (Å²) in [4.78, 5) is 15.2. The van der Waals surface area contributed by atoms with Gasteiger partial charge in [0, 0.05) is 10.9 Å². The molecule has 1 N–H and O–H groups in total. The molecule has 1 heterocycles. The molecule has 0 atom stereocenters. The lowest BCUT2D eigenvalue weighted by molar-refractivity contribution is 0.0520. The van der Waals surface area contributed by atoms with Gasteiger partial charge in [-0.1, -0.05) is 60.7 Å². The second-order valence-electron chi connectivity index (χ2n) is 6.47. The highest BCUT2D eigenvalue weighted by molar-refractivity contribution is 6.00. The smallest absolute Gasteiger partial charge is 0.354 e. The summed E-state index contributed by atoms with van der Waals surface area (Å²) < 4.78 is 11.0. The molecule has 0 aliphatic heterocycles. The van der Waals surface area contributed by atoms with E-state index in [1.54, 1.807) is 6.92 Å². The summed E-state index contributed by atoms with van der Waals surface area (Å²) in [6.07, 6.45) is 0. The molecule has 28 heavy (non-hydrogen) atoms. The van der Waals surface area contributed by atoms with Gasteiger partial charge in [0.1, 0.15) is 18.1 Å². The molecule has 0 spiro atoms. The van der Waals surface area contributed by atoms with Gasteiger partial charge < -0.3 is 14.5 Å². The molecule has 0 fully saturated rings. The largest absolute Gasteiger partial charge is 0.489 e. The van der Waals surface area contributed by atoms with Crippen molar-refractivity contribution in [3.05, 3.63) is 90.1 Å². The Morgan fingerprint density at radius 3 is 2.46 bits per heavy atom. The van der Waals surface area contributed by atoms with E-state index in [-0.39, 0.29) is 5.97 Å². The van der Waals surface area contributed by atoms with Crippen LogP contribution in [0.5, 0.6) is 5.75 Å². The Morgan fingerprint density at radius 2 is 1.71 bits per heavy atom. The molecule has 0 saturated carbocycles. The number of aromatic nitrogens is 1. The van der Waals surface area contributed by atoms with Gasteiger partial charge in [-0.25, -0.2) is 4.79 Å². The number of fused-ring (bicyclic) bond motifs is 1. The Morgan fingerprint density at radius 1 is 0.929 bits per heavy atom. The number of esters is 1. The monoisotopic (exact) mass is 371 g/mol. The minimum atomic E-state index is -0.339. The van der Waals surface area contributed by atoms with Crippen LogP contribution >= 0.6 is 0 Å². The Bertz CT molecular complexity index is 1080.